The summed E-state index contributed by atoms with van der Waals surface area (Å²) in [6.07, 6.45) is 3.67. The summed E-state index contributed by atoms with van der Waals surface area (Å²) in [4.78, 5) is 12.4. The summed E-state index contributed by atoms with van der Waals surface area (Å²) >= 11 is 5.86. The molecule has 0 saturated heterocycles. The molecule has 1 fully saturated rings. The lowest BCUT2D eigenvalue weighted by atomic mass is 9.94. The van der Waals surface area contributed by atoms with Crippen LogP contribution < -0.4 is 10.6 Å². The Morgan fingerprint density at radius 2 is 1.94 bits per heavy atom. The number of halogens is 1. The maximum Gasteiger partial charge on any atom is 0.229 e. The topological polar surface area (TPSA) is 62.7 Å². The van der Waals surface area contributed by atoms with E-state index in [4.69, 9.17) is 11.6 Å². The predicted molar refractivity (Wildman–Crippen MR) is 74.0 cm³/mol. The van der Waals surface area contributed by atoms with Crippen molar-refractivity contribution < 1.29 is 0 Å². The molecule has 1 saturated carbocycles. The average Bonchev–Trinajstić information content (AvgIpc) is 2.70. The van der Waals surface area contributed by atoms with Crippen LogP contribution >= 0.6 is 11.6 Å². The summed E-state index contributed by atoms with van der Waals surface area (Å²) in [6, 6.07) is 0.429. The molecule has 1 aliphatic rings. The lowest BCUT2D eigenvalue weighted by Gasteiger charge is -2.21. The van der Waals surface area contributed by atoms with Gasteiger partial charge in [-0.2, -0.15) is 15.0 Å². The van der Waals surface area contributed by atoms with Crippen LogP contribution in [0.5, 0.6) is 0 Å². The fraction of sp³-hybridized carbons (Fsp3) is 0.750. The second kappa shape index (κ2) is 5.69. The third kappa shape index (κ3) is 2.83. The number of hydrogen-bond acceptors (Lipinski definition) is 5. The smallest absolute Gasteiger partial charge is 0.229 e. The lowest BCUT2D eigenvalue weighted by molar-refractivity contribution is 0.391. The Hall–Kier alpha value is -1.10. The number of anilines is 2. The molecule has 100 valence electrons. The highest BCUT2D eigenvalue weighted by molar-refractivity contribution is 6.28. The molecule has 0 aromatic carbocycles. The molecule has 1 aliphatic carbocycles. The van der Waals surface area contributed by atoms with E-state index in [0.29, 0.717) is 23.9 Å². The summed E-state index contributed by atoms with van der Waals surface area (Å²) < 4.78 is 0. The van der Waals surface area contributed by atoms with Crippen molar-refractivity contribution in [2.45, 2.75) is 39.2 Å². The first-order valence-corrected chi connectivity index (χ1v) is 6.87. The van der Waals surface area contributed by atoms with E-state index in [1.165, 1.54) is 12.8 Å². The largest absolute Gasteiger partial charge is 0.357 e. The summed E-state index contributed by atoms with van der Waals surface area (Å²) in [5.41, 5.74) is 0. The number of hydrogen-bond donors (Lipinski definition) is 2. The third-order valence-corrected chi connectivity index (χ3v) is 4.07. The average molecular weight is 270 g/mol. The van der Waals surface area contributed by atoms with Gasteiger partial charge in [0.1, 0.15) is 0 Å². The molecule has 18 heavy (non-hydrogen) atoms. The molecule has 3 atom stereocenters. The van der Waals surface area contributed by atoms with Crippen molar-refractivity contribution in [1.82, 2.24) is 15.0 Å². The number of rotatable bonds is 4. The molecular formula is C12H20ClN5. The molecule has 2 N–H and O–H groups in total. The quantitative estimate of drug-likeness (QED) is 0.880. The van der Waals surface area contributed by atoms with E-state index >= 15 is 0 Å². The molecule has 0 radical (unpaired) electrons. The van der Waals surface area contributed by atoms with Gasteiger partial charge in [-0.3, -0.25) is 0 Å². The zero-order chi connectivity index (χ0) is 13.1. The zero-order valence-electron chi connectivity index (χ0n) is 11.1. The van der Waals surface area contributed by atoms with Gasteiger partial charge in [0.05, 0.1) is 0 Å². The van der Waals surface area contributed by atoms with Gasteiger partial charge in [0.25, 0.3) is 0 Å². The lowest BCUT2D eigenvalue weighted by Crippen LogP contribution is -2.26. The highest BCUT2D eigenvalue weighted by Gasteiger charge is 2.31. The molecule has 1 heterocycles. The molecule has 1 aromatic heterocycles. The van der Waals surface area contributed by atoms with Crippen LogP contribution in [0.3, 0.4) is 0 Å². The standard InChI is InChI=1S/C12H20ClN5/c1-4-8-5-6-9(7(8)2)15-12-17-10(13)16-11(14-3)18-12/h7-9H,4-6H2,1-3H3,(H2,14,15,16,17,18). The first-order chi connectivity index (χ1) is 8.63. The van der Waals surface area contributed by atoms with Crippen LogP contribution in [-0.2, 0) is 0 Å². The van der Waals surface area contributed by atoms with Crippen molar-refractivity contribution >= 4 is 23.5 Å². The third-order valence-electron chi connectivity index (χ3n) is 3.90. The van der Waals surface area contributed by atoms with E-state index < -0.39 is 0 Å². The van der Waals surface area contributed by atoms with E-state index in [0.717, 1.165) is 12.3 Å². The SMILES string of the molecule is CCC1CCC(Nc2nc(Cl)nc(NC)n2)C1C. The Kier molecular flexibility index (Phi) is 4.22. The van der Waals surface area contributed by atoms with Crippen molar-refractivity contribution in [3.05, 3.63) is 5.28 Å². The van der Waals surface area contributed by atoms with Gasteiger partial charge in [0, 0.05) is 13.1 Å². The molecule has 6 heteroatoms. The summed E-state index contributed by atoms with van der Waals surface area (Å²) in [5, 5.41) is 6.48. The summed E-state index contributed by atoms with van der Waals surface area (Å²) in [7, 11) is 1.76. The van der Waals surface area contributed by atoms with Crippen LogP contribution in [-0.4, -0.2) is 28.0 Å². The van der Waals surface area contributed by atoms with Gasteiger partial charge >= 0.3 is 0 Å². The zero-order valence-corrected chi connectivity index (χ0v) is 11.8. The van der Waals surface area contributed by atoms with E-state index in [-0.39, 0.29) is 5.28 Å². The normalized spacial score (nSPS) is 27.2. The fourth-order valence-corrected chi connectivity index (χ4v) is 2.88. The van der Waals surface area contributed by atoms with Crippen LogP contribution in [0.1, 0.15) is 33.1 Å². The predicted octanol–water partition coefficient (Wildman–Crippen LogP) is 2.80. The Morgan fingerprint density at radius 1 is 1.22 bits per heavy atom. The molecule has 0 aliphatic heterocycles. The van der Waals surface area contributed by atoms with Crippen LogP contribution in [0.2, 0.25) is 5.28 Å². The Bertz CT molecular complexity index is 411. The minimum Gasteiger partial charge on any atom is -0.357 e. The molecular weight excluding hydrogens is 250 g/mol. The van der Waals surface area contributed by atoms with Crippen molar-refractivity contribution in [2.24, 2.45) is 11.8 Å². The minimum absolute atomic E-state index is 0.217. The number of aromatic nitrogens is 3. The van der Waals surface area contributed by atoms with Crippen molar-refractivity contribution in [1.29, 1.82) is 0 Å². The van der Waals surface area contributed by atoms with E-state index in [2.05, 4.69) is 39.4 Å². The molecule has 2 rings (SSSR count). The highest BCUT2D eigenvalue weighted by atomic mass is 35.5. The minimum atomic E-state index is 0.217. The van der Waals surface area contributed by atoms with Crippen LogP contribution in [0.15, 0.2) is 0 Å². The Morgan fingerprint density at radius 3 is 2.56 bits per heavy atom. The second-order valence-corrected chi connectivity index (χ2v) is 5.20. The van der Waals surface area contributed by atoms with Crippen molar-refractivity contribution in [3.63, 3.8) is 0 Å². The fourth-order valence-electron chi connectivity index (χ4n) is 2.72. The Labute approximate surface area is 113 Å². The molecule has 0 amide bonds. The van der Waals surface area contributed by atoms with E-state index in [1.807, 2.05) is 0 Å². The first-order valence-electron chi connectivity index (χ1n) is 6.50. The molecule has 0 bridgehead atoms. The molecule has 5 nitrogen and oxygen atoms in total. The molecule has 3 unspecified atom stereocenters. The monoisotopic (exact) mass is 269 g/mol. The highest BCUT2D eigenvalue weighted by Crippen LogP contribution is 2.35. The van der Waals surface area contributed by atoms with Crippen LogP contribution in [0, 0.1) is 11.8 Å². The second-order valence-electron chi connectivity index (χ2n) is 4.86. The van der Waals surface area contributed by atoms with E-state index in [9.17, 15) is 0 Å². The van der Waals surface area contributed by atoms with Crippen molar-refractivity contribution in [2.75, 3.05) is 17.7 Å². The van der Waals surface area contributed by atoms with Gasteiger partial charge in [-0.1, -0.05) is 20.3 Å². The van der Waals surface area contributed by atoms with Crippen LogP contribution in [0.4, 0.5) is 11.9 Å². The Balaban J connectivity index is 2.08. The number of nitrogens with one attached hydrogen (secondary N) is 2. The van der Waals surface area contributed by atoms with Crippen molar-refractivity contribution in [3.8, 4) is 0 Å². The van der Waals surface area contributed by atoms with Gasteiger partial charge in [0.15, 0.2) is 0 Å². The summed E-state index contributed by atoms with van der Waals surface area (Å²) in [6.45, 7) is 4.54. The number of nitrogens with zero attached hydrogens (tertiary/aromatic N) is 3. The van der Waals surface area contributed by atoms with Crippen LogP contribution in [0.25, 0.3) is 0 Å². The maximum absolute atomic E-state index is 5.86. The summed E-state index contributed by atoms with van der Waals surface area (Å²) in [5.74, 6) is 2.50. The van der Waals surface area contributed by atoms with Gasteiger partial charge < -0.3 is 10.6 Å². The molecule has 1 aromatic rings. The van der Waals surface area contributed by atoms with Gasteiger partial charge in [-0.15, -0.1) is 0 Å². The molecule has 0 spiro atoms. The van der Waals surface area contributed by atoms with E-state index in [1.54, 1.807) is 7.05 Å². The first kappa shape index (κ1) is 13.3. The van der Waals surface area contributed by atoms with Gasteiger partial charge in [0.2, 0.25) is 17.2 Å². The van der Waals surface area contributed by atoms with Gasteiger partial charge in [-0.25, -0.2) is 0 Å². The van der Waals surface area contributed by atoms with Gasteiger partial charge in [-0.05, 0) is 36.3 Å². The maximum atomic E-state index is 5.86.